The number of fused-ring (bicyclic) bond motifs is 1. The third-order valence-corrected chi connectivity index (χ3v) is 6.67. The van der Waals surface area contributed by atoms with Crippen LogP contribution >= 0.6 is 0 Å². The van der Waals surface area contributed by atoms with Gasteiger partial charge in [0.05, 0.1) is 5.69 Å². The zero-order chi connectivity index (χ0) is 27.6. The number of nitrogens with two attached hydrogens (primary N) is 1. The number of benzene rings is 1. The number of allylic oxidation sites excluding steroid dienone is 2. The van der Waals surface area contributed by atoms with E-state index in [4.69, 9.17) is 10.3 Å². The Bertz CT molecular complexity index is 932. The molecule has 6 heteroatoms. The van der Waals surface area contributed by atoms with Gasteiger partial charge in [0.2, 0.25) is 0 Å². The maximum atomic E-state index is 13.4. The van der Waals surface area contributed by atoms with Crippen molar-refractivity contribution < 1.29 is 8.91 Å². The highest BCUT2D eigenvalue weighted by Crippen LogP contribution is 2.21. The molecule has 5 nitrogen and oxygen atoms in total. The topological polar surface area (TPSA) is 67.3 Å². The summed E-state index contributed by atoms with van der Waals surface area (Å²) in [5.41, 5.74) is 11.0. The van der Waals surface area contributed by atoms with Crippen LogP contribution in [0.25, 0.3) is 11.0 Å². The summed E-state index contributed by atoms with van der Waals surface area (Å²) in [4.78, 5) is 2.53. The standard InChI is InChI=1S/C29H47FN4O.C2H6/c1-6-8-9-10-13-22(3)32-24(5)26(23(4)31)17-20-34(18-7-2)19-12-11-14-28-27-16-15-25(30)21-29(27)35-33-28;1-2/h15-16,21,24,32H,3,6-14,17-20,31H2,1-2,4-5H3;1-2H3/b26-23-;. The molecule has 2 rings (SSSR count). The van der Waals surface area contributed by atoms with Crippen LogP contribution < -0.4 is 11.1 Å². The van der Waals surface area contributed by atoms with Crippen LogP contribution in [0.5, 0.6) is 0 Å². The summed E-state index contributed by atoms with van der Waals surface area (Å²) in [5.74, 6) is -0.294. The second-order valence-corrected chi connectivity index (χ2v) is 9.81. The van der Waals surface area contributed by atoms with Crippen molar-refractivity contribution in [1.82, 2.24) is 15.4 Å². The van der Waals surface area contributed by atoms with E-state index in [1.807, 2.05) is 20.8 Å². The lowest BCUT2D eigenvalue weighted by molar-refractivity contribution is 0.269. The van der Waals surface area contributed by atoms with E-state index < -0.39 is 0 Å². The van der Waals surface area contributed by atoms with Crippen LogP contribution in [-0.2, 0) is 6.42 Å². The molecule has 0 fully saturated rings. The fraction of sp³-hybridized carbons (Fsp3) is 0.645. The summed E-state index contributed by atoms with van der Waals surface area (Å²) in [6.07, 6.45) is 11.1. The minimum atomic E-state index is -0.294. The Morgan fingerprint density at radius 1 is 1.05 bits per heavy atom. The van der Waals surface area contributed by atoms with Crippen molar-refractivity contribution in [3.8, 4) is 0 Å². The Morgan fingerprint density at radius 3 is 2.49 bits per heavy atom. The lowest BCUT2D eigenvalue weighted by atomic mass is 10.0. The predicted molar refractivity (Wildman–Crippen MR) is 157 cm³/mol. The summed E-state index contributed by atoms with van der Waals surface area (Å²) in [6, 6.07) is 4.83. The SMILES string of the molecule is C=C(CCCCCC)NC(C)/C(CCN(CCC)CCCCc1noc2cc(F)ccc12)=C(/C)N.CC. The summed E-state index contributed by atoms with van der Waals surface area (Å²) >= 11 is 0. The molecule has 0 bridgehead atoms. The number of hydrogen-bond acceptors (Lipinski definition) is 5. The lowest BCUT2D eigenvalue weighted by Gasteiger charge is -2.26. The van der Waals surface area contributed by atoms with Crippen LogP contribution in [0.2, 0.25) is 0 Å². The van der Waals surface area contributed by atoms with E-state index in [0.29, 0.717) is 5.58 Å². The molecule has 1 aromatic heterocycles. The Kier molecular flexibility index (Phi) is 16.6. The third-order valence-electron chi connectivity index (χ3n) is 6.67. The van der Waals surface area contributed by atoms with Crippen LogP contribution in [0.4, 0.5) is 4.39 Å². The normalized spacial score (nSPS) is 12.8. The molecule has 1 unspecified atom stereocenters. The second kappa shape index (κ2) is 18.8. The van der Waals surface area contributed by atoms with Gasteiger partial charge in [0.15, 0.2) is 5.58 Å². The van der Waals surface area contributed by atoms with E-state index in [1.54, 1.807) is 6.07 Å². The number of hydrogen-bond donors (Lipinski definition) is 2. The molecule has 2 aromatic rings. The Balaban J connectivity index is 0.00000334. The number of nitrogens with one attached hydrogen (secondary N) is 1. The first kappa shape index (κ1) is 32.7. The van der Waals surface area contributed by atoms with Crippen LogP contribution in [0.15, 0.2) is 46.3 Å². The average Bonchev–Trinajstić information content (AvgIpc) is 3.27. The van der Waals surface area contributed by atoms with Crippen molar-refractivity contribution >= 4 is 11.0 Å². The van der Waals surface area contributed by atoms with E-state index in [2.05, 4.69) is 42.7 Å². The quantitative estimate of drug-likeness (QED) is 0.196. The molecular weight excluding hydrogens is 463 g/mol. The Morgan fingerprint density at radius 2 is 1.81 bits per heavy atom. The van der Waals surface area contributed by atoms with Crippen LogP contribution in [0.3, 0.4) is 0 Å². The first-order valence-electron chi connectivity index (χ1n) is 14.5. The Hall–Kier alpha value is -2.34. The van der Waals surface area contributed by atoms with Gasteiger partial charge < -0.3 is 20.5 Å². The molecule has 0 spiro atoms. The highest BCUT2D eigenvalue weighted by Gasteiger charge is 2.14. The lowest BCUT2D eigenvalue weighted by Crippen LogP contribution is -2.32. The van der Waals surface area contributed by atoms with E-state index in [9.17, 15) is 4.39 Å². The van der Waals surface area contributed by atoms with Crippen LogP contribution in [0, 0.1) is 5.82 Å². The molecule has 0 aliphatic carbocycles. The van der Waals surface area contributed by atoms with Gasteiger partial charge in [-0.05, 0) is 89.6 Å². The largest absolute Gasteiger partial charge is 0.402 e. The number of aromatic nitrogens is 1. The molecule has 0 aliphatic rings. The van der Waals surface area contributed by atoms with Crippen molar-refractivity contribution in [1.29, 1.82) is 0 Å². The third kappa shape index (κ3) is 12.2. The van der Waals surface area contributed by atoms with Crippen LogP contribution in [-0.4, -0.2) is 35.7 Å². The molecule has 3 N–H and O–H groups in total. The van der Waals surface area contributed by atoms with Gasteiger partial charge in [0.25, 0.3) is 0 Å². The molecule has 1 aromatic carbocycles. The first-order chi connectivity index (χ1) is 17.8. The maximum Gasteiger partial charge on any atom is 0.170 e. The summed E-state index contributed by atoms with van der Waals surface area (Å²) in [7, 11) is 0. The molecule has 0 saturated heterocycles. The summed E-state index contributed by atoms with van der Waals surface area (Å²) in [5, 5.41) is 8.65. The van der Waals surface area contributed by atoms with E-state index in [-0.39, 0.29) is 11.9 Å². The zero-order valence-electron chi connectivity index (χ0n) is 24.5. The van der Waals surface area contributed by atoms with Crippen molar-refractivity contribution in [3.05, 3.63) is 53.3 Å². The van der Waals surface area contributed by atoms with Gasteiger partial charge in [-0.15, -0.1) is 0 Å². The van der Waals surface area contributed by atoms with Gasteiger partial charge >= 0.3 is 0 Å². The molecule has 0 radical (unpaired) electrons. The maximum absolute atomic E-state index is 13.4. The van der Waals surface area contributed by atoms with Gasteiger partial charge in [-0.25, -0.2) is 4.39 Å². The molecule has 1 heterocycles. The number of unbranched alkanes of at least 4 members (excludes halogenated alkanes) is 4. The fourth-order valence-electron chi connectivity index (χ4n) is 4.69. The smallest absolute Gasteiger partial charge is 0.170 e. The molecule has 0 amide bonds. The molecule has 1 atom stereocenters. The monoisotopic (exact) mass is 516 g/mol. The summed E-state index contributed by atoms with van der Waals surface area (Å²) < 4.78 is 18.7. The van der Waals surface area contributed by atoms with Gasteiger partial charge in [-0.2, -0.15) is 0 Å². The van der Waals surface area contributed by atoms with Gasteiger partial charge in [-0.1, -0.05) is 58.7 Å². The van der Waals surface area contributed by atoms with E-state index in [0.717, 1.165) is 80.6 Å². The van der Waals surface area contributed by atoms with E-state index in [1.165, 1.54) is 43.4 Å². The molecule has 0 saturated carbocycles. The second-order valence-electron chi connectivity index (χ2n) is 9.81. The van der Waals surface area contributed by atoms with Gasteiger partial charge in [0.1, 0.15) is 5.82 Å². The fourth-order valence-corrected chi connectivity index (χ4v) is 4.69. The molecule has 210 valence electrons. The van der Waals surface area contributed by atoms with Crippen LogP contribution in [0.1, 0.15) is 105 Å². The van der Waals surface area contributed by atoms with Gasteiger partial charge in [-0.3, -0.25) is 0 Å². The van der Waals surface area contributed by atoms with Crippen molar-refractivity contribution in [3.63, 3.8) is 0 Å². The molecule has 0 aliphatic heterocycles. The first-order valence-corrected chi connectivity index (χ1v) is 14.5. The molecule has 37 heavy (non-hydrogen) atoms. The zero-order valence-corrected chi connectivity index (χ0v) is 24.5. The summed E-state index contributed by atoms with van der Waals surface area (Å²) in [6.45, 7) is 20.0. The highest BCUT2D eigenvalue weighted by atomic mass is 19.1. The van der Waals surface area contributed by atoms with Crippen molar-refractivity contribution in [2.75, 3.05) is 19.6 Å². The van der Waals surface area contributed by atoms with Crippen molar-refractivity contribution in [2.45, 2.75) is 112 Å². The van der Waals surface area contributed by atoms with E-state index >= 15 is 0 Å². The van der Waals surface area contributed by atoms with Gasteiger partial charge in [0, 0.05) is 35.4 Å². The average molecular weight is 517 g/mol. The predicted octanol–water partition coefficient (Wildman–Crippen LogP) is 8.11. The minimum absolute atomic E-state index is 0.201. The number of halogens is 1. The van der Waals surface area contributed by atoms with Crippen molar-refractivity contribution in [2.24, 2.45) is 5.73 Å². The number of rotatable bonds is 18. The highest BCUT2D eigenvalue weighted by molar-refractivity contribution is 5.79. The minimum Gasteiger partial charge on any atom is -0.402 e. The molecular formula is C31H53FN4O. The number of aryl methyl sites for hydroxylation is 1. The Labute approximate surface area is 225 Å². The number of nitrogens with zero attached hydrogens (tertiary/aromatic N) is 2.